The van der Waals surface area contributed by atoms with Crippen molar-refractivity contribution in [3.05, 3.63) is 29.8 Å². The molecule has 0 atom stereocenters. The Labute approximate surface area is 117 Å². The Kier molecular flexibility index (Phi) is 5.71. The van der Waals surface area contributed by atoms with Gasteiger partial charge in [-0.3, -0.25) is 14.4 Å². The fourth-order valence-electron chi connectivity index (χ4n) is 1.39. The van der Waals surface area contributed by atoms with Crippen molar-refractivity contribution in [3.8, 4) is 0 Å². The number of carboxylic acid groups (broad SMARTS) is 1. The van der Waals surface area contributed by atoms with Crippen LogP contribution in [0.1, 0.15) is 25.8 Å². The fourth-order valence-corrected chi connectivity index (χ4v) is 1.39. The quantitative estimate of drug-likeness (QED) is 0.685. The maximum absolute atomic E-state index is 11.5. The number of rotatable bonds is 6. The van der Waals surface area contributed by atoms with E-state index in [0.29, 0.717) is 5.69 Å². The van der Waals surface area contributed by atoms with Crippen LogP contribution in [0.3, 0.4) is 0 Å². The Morgan fingerprint density at radius 1 is 1.15 bits per heavy atom. The Balaban J connectivity index is 2.48. The summed E-state index contributed by atoms with van der Waals surface area (Å²) in [6, 6.07) is 6.99. The standard InChI is InChI=1S/C14H18N2O4/c1-9(2)14(20)16-11-5-3-10(4-6-11)8-15-12(17)7-13(18)19/h3-6,9H,7-8H2,1-2H3,(H,15,17)(H,16,20)(H,18,19). The molecule has 0 saturated heterocycles. The normalized spacial score (nSPS) is 10.2. The average molecular weight is 278 g/mol. The number of carboxylic acids is 1. The number of carbonyl (C=O) groups excluding carboxylic acids is 2. The van der Waals surface area contributed by atoms with E-state index in [2.05, 4.69) is 10.6 Å². The van der Waals surface area contributed by atoms with E-state index in [1.807, 2.05) is 13.8 Å². The summed E-state index contributed by atoms with van der Waals surface area (Å²) >= 11 is 0. The van der Waals surface area contributed by atoms with Gasteiger partial charge in [0.05, 0.1) is 0 Å². The lowest BCUT2D eigenvalue weighted by atomic mass is 10.1. The SMILES string of the molecule is CC(C)C(=O)Nc1ccc(CNC(=O)CC(=O)O)cc1. The second kappa shape index (κ2) is 7.28. The van der Waals surface area contributed by atoms with Gasteiger partial charge in [-0.1, -0.05) is 26.0 Å². The minimum Gasteiger partial charge on any atom is -0.481 e. The van der Waals surface area contributed by atoms with E-state index in [1.54, 1.807) is 24.3 Å². The summed E-state index contributed by atoms with van der Waals surface area (Å²) in [4.78, 5) is 33.0. The van der Waals surface area contributed by atoms with Gasteiger partial charge in [0.15, 0.2) is 0 Å². The number of amides is 2. The van der Waals surface area contributed by atoms with Gasteiger partial charge in [-0.25, -0.2) is 0 Å². The second-order valence-electron chi connectivity index (χ2n) is 4.69. The molecule has 0 aliphatic rings. The summed E-state index contributed by atoms with van der Waals surface area (Å²) in [6.45, 7) is 3.87. The van der Waals surface area contributed by atoms with E-state index in [-0.39, 0.29) is 18.4 Å². The van der Waals surface area contributed by atoms with Crippen LogP contribution in [0, 0.1) is 5.92 Å². The summed E-state index contributed by atoms with van der Waals surface area (Å²) < 4.78 is 0. The molecular formula is C14H18N2O4. The van der Waals surface area contributed by atoms with Crippen LogP contribution in [0.4, 0.5) is 5.69 Å². The number of nitrogens with one attached hydrogen (secondary N) is 2. The lowest BCUT2D eigenvalue weighted by Gasteiger charge is -2.09. The van der Waals surface area contributed by atoms with Crippen LogP contribution in [-0.2, 0) is 20.9 Å². The maximum Gasteiger partial charge on any atom is 0.312 e. The monoisotopic (exact) mass is 278 g/mol. The van der Waals surface area contributed by atoms with Crippen LogP contribution >= 0.6 is 0 Å². The minimum absolute atomic E-state index is 0.0625. The molecule has 0 fully saturated rings. The average Bonchev–Trinajstić information content (AvgIpc) is 2.37. The lowest BCUT2D eigenvalue weighted by Crippen LogP contribution is -2.25. The van der Waals surface area contributed by atoms with Crippen molar-refractivity contribution in [2.45, 2.75) is 26.8 Å². The van der Waals surface area contributed by atoms with E-state index in [1.165, 1.54) is 0 Å². The molecule has 0 bridgehead atoms. The molecule has 2 amide bonds. The largest absolute Gasteiger partial charge is 0.481 e. The van der Waals surface area contributed by atoms with Crippen molar-refractivity contribution < 1.29 is 19.5 Å². The molecule has 0 unspecified atom stereocenters. The molecule has 3 N–H and O–H groups in total. The van der Waals surface area contributed by atoms with Crippen LogP contribution in [-0.4, -0.2) is 22.9 Å². The van der Waals surface area contributed by atoms with E-state index in [9.17, 15) is 14.4 Å². The number of benzene rings is 1. The Morgan fingerprint density at radius 3 is 2.25 bits per heavy atom. The van der Waals surface area contributed by atoms with E-state index >= 15 is 0 Å². The molecule has 0 radical (unpaired) electrons. The lowest BCUT2D eigenvalue weighted by molar-refractivity contribution is -0.140. The number of carbonyl (C=O) groups is 3. The van der Waals surface area contributed by atoms with Gasteiger partial charge >= 0.3 is 5.97 Å². The minimum atomic E-state index is -1.16. The molecular weight excluding hydrogens is 260 g/mol. The van der Waals surface area contributed by atoms with Gasteiger partial charge < -0.3 is 15.7 Å². The predicted molar refractivity (Wildman–Crippen MR) is 74.0 cm³/mol. The first kappa shape index (κ1) is 15.7. The van der Waals surface area contributed by atoms with Crippen LogP contribution < -0.4 is 10.6 Å². The van der Waals surface area contributed by atoms with Gasteiger partial charge in [0.1, 0.15) is 6.42 Å². The van der Waals surface area contributed by atoms with Gasteiger partial charge in [0.25, 0.3) is 0 Å². The van der Waals surface area contributed by atoms with Crippen molar-refractivity contribution in [1.29, 1.82) is 0 Å². The number of anilines is 1. The van der Waals surface area contributed by atoms with E-state index in [4.69, 9.17) is 5.11 Å². The smallest absolute Gasteiger partial charge is 0.312 e. The topological polar surface area (TPSA) is 95.5 Å². The molecule has 1 aromatic rings. The summed E-state index contributed by atoms with van der Waals surface area (Å²) in [5.74, 6) is -1.85. The van der Waals surface area contributed by atoms with Gasteiger partial charge in [0, 0.05) is 18.2 Å². The van der Waals surface area contributed by atoms with Crippen molar-refractivity contribution in [2.24, 2.45) is 5.92 Å². The van der Waals surface area contributed by atoms with Crippen LogP contribution in [0.15, 0.2) is 24.3 Å². The number of hydrogen-bond donors (Lipinski definition) is 3. The summed E-state index contributed by atoms with van der Waals surface area (Å²) in [5.41, 5.74) is 1.51. The van der Waals surface area contributed by atoms with Crippen LogP contribution in [0.5, 0.6) is 0 Å². The van der Waals surface area contributed by atoms with Crippen molar-refractivity contribution in [1.82, 2.24) is 5.32 Å². The molecule has 0 spiro atoms. The molecule has 0 saturated carbocycles. The third-order valence-electron chi connectivity index (χ3n) is 2.55. The van der Waals surface area contributed by atoms with Crippen LogP contribution in [0.2, 0.25) is 0 Å². The third kappa shape index (κ3) is 5.51. The molecule has 0 heterocycles. The first-order valence-corrected chi connectivity index (χ1v) is 6.26. The predicted octanol–water partition coefficient (Wildman–Crippen LogP) is 1.37. The summed E-state index contributed by atoms with van der Waals surface area (Å²) in [6.07, 6.45) is -0.539. The highest BCUT2D eigenvalue weighted by Crippen LogP contribution is 2.10. The molecule has 1 rings (SSSR count). The number of aliphatic carboxylic acids is 1. The molecule has 0 aliphatic heterocycles. The van der Waals surface area contributed by atoms with Gasteiger partial charge in [-0.05, 0) is 17.7 Å². The van der Waals surface area contributed by atoms with Crippen molar-refractivity contribution in [3.63, 3.8) is 0 Å². The Morgan fingerprint density at radius 2 is 1.75 bits per heavy atom. The molecule has 6 heteroatoms. The molecule has 6 nitrogen and oxygen atoms in total. The fraction of sp³-hybridized carbons (Fsp3) is 0.357. The highest BCUT2D eigenvalue weighted by atomic mass is 16.4. The first-order chi connectivity index (χ1) is 9.38. The molecule has 20 heavy (non-hydrogen) atoms. The summed E-state index contributed by atoms with van der Waals surface area (Å²) in [7, 11) is 0. The third-order valence-corrected chi connectivity index (χ3v) is 2.55. The highest BCUT2D eigenvalue weighted by molar-refractivity contribution is 5.93. The highest BCUT2D eigenvalue weighted by Gasteiger charge is 2.08. The Hall–Kier alpha value is -2.37. The van der Waals surface area contributed by atoms with Gasteiger partial charge in [-0.2, -0.15) is 0 Å². The summed E-state index contributed by atoms with van der Waals surface area (Å²) in [5, 5.41) is 13.7. The maximum atomic E-state index is 11.5. The van der Waals surface area contributed by atoms with E-state index < -0.39 is 18.3 Å². The van der Waals surface area contributed by atoms with E-state index in [0.717, 1.165) is 5.56 Å². The Bertz CT molecular complexity index is 494. The molecule has 0 aliphatic carbocycles. The zero-order chi connectivity index (χ0) is 15.1. The first-order valence-electron chi connectivity index (χ1n) is 6.26. The zero-order valence-corrected chi connectivity index (χ0v) is 11.5. The van der Waals surface area contributed by atoms with Crippen molar-refractivity contribution >= 4 is 23.5 Å². The zero-order valence-electron chi connectivity index (χ0n) is 11.5. The molecule has 108 valence electrons. The molecule has 1 aromatic carbocycles. The number of hydrogen-bond acceptors (Lipinski definition) is 3. The van der Waals surface area contributed by atoms with Crippen LogP contribution in [0.25, 0.3) is 0 Å². The van der Waals surface area contributed by atoms with Crippen molar-refractivity contribution in [2.75, 3.05) is 5.32 Å². The second-order valence-corrected chi connectivity index (χ2v) is 4.69. The molecule has 0 aromatic heterocycles. The van der Waals surface area contributed by atoms with Gasteiger partial charge in [0.2, 0.25) is 11.8 Å². The van der Waals surface area contributed by atoms with Gasteiger partial charge in [-0.15, -0.1) is 0 Å².